The SMILES string of the molecule is N[C@@H](CF)c1c(F)ccc(Br)c1F. The van der Waals surface area contributed by atoms with Crippen LogP contribution >= 0.6 is 15.9 Å². The summed E-state index contributed by atoms with van der Waals surface area (Å²) in [5.41, 5.74) is 4.77. The van der Waals surface area contributed by atoms with Crippen LogP contribution in [-0.2, 0) is 0 Å². The van der Waals surface area contributed by atoms with E-state index >= 15 is 0 Å². The molecule has 1 atom stereocenters. The molecule has 13 heavy (non-hydrogen) atoms. The number of rotatable bonds is 2. The van der Waals surface area contributed by atoms with Crippen molar-refractivity contribution in [1.29, 1.82) is 0 Å². The van der Waals surface area contributed by atoms with E-state index in [-0.39, 0.29) is 4.47 Å². The summed E-state index contributed by atoms with van der Waals surface area (Å²) in [6.45, 7) is -0.996. The van der Waals surface area contributed by atoms with Gasteiger partial charge in [0.05, 0.1) is 10.5 Å². The van der Waals surface area contributed by atoms with E-state index in [1.807, 2.05) is 0 Å². The van der Waals surface area contributed by atoms with Crippen LogP contribution < -0.4 is 5.73 Å². The van der Waals surface area contributed by atoms with Gasteiger partial charge in [-0.1, -0.05) is 0 Å². The van der Waals surface area contributed by atoms with E-state index in [2.05, 4.69) is 15.9 Å². The van der Waals surface area contributed by atoms with Gasteiger partial charge in [-0.05, 0) is 28.1 Å². The number of hydrogen-bond donors (Lipinski definition) is 1. The maximum Gasteiger partial charge on any atom is 0.145 e. The molecule has 0 saturated heterocycles. The van der Waals surface area contributed by atoms with Crippen molar-refractivity contribution in [2.24, 2.45) is 5.73 Å². The Morgan fingerprint density at radius 2 is 2.00 bits per heavy atom. The molecule has 0 heterocycles. The van der Waals surface area contributed by atoms with Crippen molar-refractivity contribution in [2.75, 3.05) is 6.67 Å². The second kappa shape index (κ2) is 4.11. The third-order valence-electron chi connectivity index (χ3n) is 1.62. The zero-order chi connectivity index (χ0) is 10.0. The third-order valence-corrected chi connectivity index (χ3v) is 2.23. The number of nitrogens with two attached hydrogens (primary N) is 1. The zero-order valence-electron chi connectivity index (χ0n) is 6.53. The van der Waals surface area contributed by atoms with E-state index in [9.17, 15) is 13.2 Å². The molecule has 1 nitrogen and oxygen atoms in total. The van der Waals surface area contributed by atoms with Crippen molar-refractivity contribution < 1.29 is 13.2 Å². The van der Waals surface area contributed by atoms with Gasteiger partial charge in [-0.15, -0.1) is 0 Å². The molecule has 72 valence electrons. The van der Waals surface area contributed by atoms with E-state index in [4.69, 9.17) is 5.73 Å². The van der Waals surface area contributed by atoms with E-state index in [1.54, 1.807) is 0 Å². The van der Waals surface area contributed by atoms with Gasteiger partial charge in [0.2, 0.25) is 0 Å². The molecule has 2 N–H and O–H groups in total. The Bertz CT molecular complexity index is 317. The van der Waals surface area contributed by atoms with Crippen molar-refractivity contribution in [1.82, 2.24) is 0 Å². The van der Waals surface area contributed by atoms with Crippen LogP contribution in [-0.4, -0.2) is 6.67 Å². The second-order valence-electron chi connectivity index (χ2n) is 2.52. The van der Waals surface area contributed by atoms with Crippen LogP contribution in [0.25, 0.3) is 0 Å². The first-order valence-corrected chi connectivity index (χ1v) is 4.32. The molecule has 0 aliphatic rings. The highest BCUT2D eigenvalue weighted by molar-refractivity contribution is 9.10. The molecule has 0 fully saturated rings. The van der Waals surface area contributed by atoms with Gasteiger partial charge in [0.25, 0.3) is 0 Å². The number of alkyl halides is 1. The highest BCUT2D eigenvalue weighted by atomic mass is 79.9. The monoisotopic (exact) mass is 253 g/mol. The van der Waals surface area contributed by atoms with Crippen molar-refractivity contribution >= 4 is 15.9 Å². The van der Waals surface area contributed by atoms with Gasteiger partial charge in [0.15, 0.2) is 0 Å². The van der Waals surface area contributed by atoms with Gasteiger partial charge in [-0.2, -0.15) is 0 Å². The van der Waals surface area contributed by atoms with Crippen molar-refractivity contribution in [2.45, 2.75) is 6.04 Å². The molecule has 0 saturated carbocycles. The van der Waals surface area contributed by atoms with Crippen LogP contribution in [0.3, 0.4) is 0 Å². The van der Waals surface area contributed by atoms with Gasteiger partial charge < -0.3 is 5.73 Å². The molecule has 0 aliphatic carbocycles. The van der Waals surface area contributed by atoms with Crippen molar-refractivity contribution in [3.63, 3.8) is 0 Å². The molecule has 1 aromatic rings. The molecule has 0 radical (unpaired) electrons. The van der Waals surface area contributed by atoms with Crippen molar-refractivity contribution in [3.05, 3.63) is 33.8 Å². The quantitative estimate of drug-likeness (QED) is 0.807. The Morgan fingerprint density at radius 3 is 2.54 bits per heavy atom. The van der Waals surface area contributed by atoms with Gasteiger partial charge in [0.1, 0.15) is 18.3 Å². The predicted octanol–water partition coefficient (Wildman–Crippen LogP) is 2.70. The summed E-state index contributed by atoms with van der Waals surface area (Å²) in [4.78, 5) is 0. The molecule has 1 aromatic carbocycles. The van der Waals surface area contributed by atoms with E-state index in [0.717, 1.165) is 6.07 Å². The van der Waals surface area contributed by atoms with E-state index in [1.165, 1.54) is 6.07 Å². The Balaban J connectivity index is 3.25. The molecular weight excluding hydrogens is 247 g/mol. The molecule has 1 rings (SSSR count). The Hall–Kier alpha value is -0.550. The summed E-state index contributed by atoms with van der Waals surface area (Å²) in [5, 5.41) is 0. The standard InChI is InChI=1S/C8H7BrF3N/c9-4-1-2-5(11)7(8(4)12)6(13)3-10/h1-2,6H,3,13H2/t6-/m0/s1. The molecule has 0 amide bonds. The number of hydrogen-bond acceptors (Lipinski definition) is 1. The van der Waals surface area contributed by atoms with E-state index < -0.39 is 29.9 Å². The average Bonchev–Trinajstić information content (AvgIpc) is 2.12. The molecule has 0 unspecified atom stereocenters. The minimum absolute atomic E-state index is 0.0767. The highest BCUT2D eigenvalue weighted by Gasteiger charge is 2.18. The molecule has 0 aromatic heterocycles. The topological polar surface area (TPSA) is 26.0 Å². The summed E-state index contributed by atoms with van der Waals surface area (Å²) < 4.78 is 38.3. The van der Waals surface area contributed by atoms with Crippen molar-refractivity contribution in [3.8, 4) is 0 Å². The predicted molar refractivity (Wildman–Crippen MR) is 47.0 cm³/mol. The summed E-state index contributed by atoms with van der Waals surface area (Å²) in [6.07, 6.45) is 0. The van der Waals surface area contributed by atoms with Gasteiger partial charge in [0, 0.05) is 5.56 Å². The summed E-state index contributed by atoms with van der Waals surface area (Å²) in [5.74, 6) is -1.67. The number of benzene rings is 1. The fourth-order valence-corrected chi connectivity index (χ4v) is 1.31. The van der Waals surface area contributed by atoms with Gasteiger partial charge in [-0.25, -0.2) is 13.2 Å². The van der Waals surface area contributed by atoms with Crippen LogP contribution in [0.2, 0.25) is 0 Å². The molecular formula is C8H7BrF3N. The Morgan fingerprint density at radius 1 is 1.38 bits per heavy atom. The lowest BCUT2D eigenvalue weighted by Gasteiger charge is -2.10. The Kier molecular flexibility index (Phi) is 3.33. The first-order chi connectivity index (χ1) is 6.07. The first-order valence-electron chi connectivity index (χ1n) is 3.53. The molecule has 0 aliphatic heterocycles. The van der Waals surface area contributed by atoms with Crippen LogP contribution in [0.4, 0.5) is 13.2 Å². The third kappa shape index (κ3) is 2.03. The Labute approximate surface area is 81.9 Å². The van der Waals surface area contributed by atoms with Crippen LogP contribution in [0, 0.1) is 11.6 Å². The normalized spacial score (nSPS) is 13.0. The summed E-state index contributed by atoms with van der Waals surface area (Å²) in [6, 6.07) is 0.995. The smallest absolute Gasteiger partial charge is 0.145 e. The van der Waals surface area contributed by atoms with Gasteiger partial charge in [-0.3, -0.25) is 0 Å². The minimum atomic E-state index is -1.25. The van der Waals surface area contributed by atoms with Crippen LogP contribution in [0.1, 0.15) is 11.6 Å². The molecule has 0 bridgehead atoms. The first kappa shape index (κ1) is 10.5. The highest BCUT2D eigenvalue weighted by Crippen LogP contribution is 2.25. The van der Waals surface area contributed by atoms with Crippen LogP contribution in [0.5, 0.6) is 0 Å². The van der Waals surface area contributed by atoms with Crippen LogP contribution in [0.15, 0.2) is 16.6 Å². The maximum atomic E-state index is 13.2. The molecule has 0 spiro atoms. The summed E-state index contributed by atoms with van der Waals surface area (Å²) >= 11 is 2.86. The van der Waals surface area contributed by atoms with Gasteiger partial charge >= 0.3 is 0 Å². The maximum absolute atomic E-state index is 13.2. The lowest BCUT2D eigenvalue weighted by molar-refractivity contribution is 0.413. The fraction of sp³-hybridized carbons (Fsp3) is 0.250. The number of halogens is 4. The van der Waals surface area contributed by atoms with E-state index in [0.29, 0.717) is 0 Å². The second-order valence-corrected chi connectivity index (χ2v) is 3.37. The average molecular weight is 254 g/mol. The lowest BCUT2D eigenvalue weighted by atomic mass is 10.1. The fourth-order valence-electron chi connectivity index (χ4n) is 0.960. The molecule has 5 heteroatoms. The zero-order valence-corrected chi connectivity index (χ0v) is 8.11. The minimum Gasteiger partial charge on any atom is -0.322 e. The lowest BCUT2D eigenvalue weighted by Crippen LogP contribution is -2.16. The largest absolute Gasteiger partial charge is 0.322 e. The summed E-state index contributed by atoms with van der Waals surface area (Å²) in [7, 11) is 0.